The van der Waals surface area contributed by atoms with Gasteiger partial charge in [-0.15, -0.1) is 0 Å². The van der Waals surface area contributed by atoms with Crippen LogP contribution in [0.25, 0.3) is 0 Å². The molecule has 2 atom stereocenters. The van der Waals surface area contributed by atoms with Crippen molar-refractivity contribution in [2.45, 2.75) is 38.6 Å². The second-order valence-corrected chi connectivity index (χ2v) is 4.40. The quantitative estimate of drug-likeness (QED) is 0.551. The normalized spacial score (nSPS) is 29.3. The van der Waals surface area contributed by atoms with Crippen LogP contribution in [-0.2, 0) is 14.3 Å². The highest BCUT2D eigenvalue weighted by Crippen LogP contribution is 2.36. The van der Waals surface area contributed by atoms with Gasteiger partial charge in [-0.05, 0) is 25.7 Å². The summed E-state index contributed by atoms with van der Waals surface area (Å²) < 4.78 is 10.2. The van der Waals surface area contributed by atoms with E-state index in [1.54, 1.807) is 7.11 Å². The summed E-state index contributed by atoms with van der Waals surface area (Å²) in [6.07, 6.45) is 3.04. The Balaban J connectivity index is 2.64. The van der Waals surface area contributed by atoms with Crippen molar-refractivity contribution in [2.24, 2.45) is 5.92 Å². The fraction of sp³-hybridized carbons (Fsp3) is 0.917. The highest BCUT2D eigenvalue weighted by Gasteiger charge is 2.47. The van der Waals surface area contributed by atoms with Crippen LogP contribution in [0, 0.1) is 5.92 Å². The van der Waals surface area contributed by atoms with Crippen molar-refractivity contribution in [2.75, 3.05) is 26.9 Å². The lowest BCUT2D eigenvalue weighted by molar-refractivity contribution is -0.152. The third-order valence-corrected chi connectivity index (χ3v) is 3.44. The Bertz CT molecular complexity index is 232. The summed E-state index contributed by atoms with van der Waals surface area (Å²) in [7, 11) is 1.66. The van der Waals surface area contributed by atoms with Crippen molar-refractivity contribution in [1.82, 2.24) is 5.32 Å². The topological polar surface area (TPSA) is 47.6 Å². The van der Waals surface area contributed by atoms with E-state index >= 15 is 0 Å². The van der Waals surface area contributed by atoms with E-state index in [-0.39, 0.29) is 5.97 Å². The summed E-state index contributed by atoms with van der Waals surface area (Å²) in [5, 5.41) is 3.33. The van der Waals surface area contributed by atoms with Gasteiger partial charge in [-0.1, -0.05) is 13.3 Å². The molecule has 1 saturated carbocycles. The minimum absolute atomic E-state index is 0.101. The zero-order valence-electron chi connectivity index (χ0n) is 10.5. The fourth-order valence-corrected chi connectivity index (χ4v) is 2.45. The highest BCUT2D eigenvalue weighted by atomic mass is 16.5. The zero-order valence-corrected chi connectivity index (χ0v) is 10.5. The maximum Gasteiger partial charge on any atom is 0.326 e. The largest absolute Gasteiger partial charge is 0.465 e. The first-order chi connectivity index (χ1) is 7.67. The first-order valence-corrected chi connectivity index (χ1v) is 6.08. The maximum atomic E-state index is 12.0. The molecular formula is C12H23NO3. The molecule has 4 nitrogen and oxygen atoms in total. The number of carbonyl (C=O) groups is 1. The average molecular weight is 229 g/mol. The number of methoxy groups -OCH3 is 1. The molecule has 0 amide bonds. The Labute approximate surface area is 97.7 Å². The first kappa shape index (κ1) is 13.5. The molecule has 0 heterocycles. The number of rotatable bonds is 6. The monoisotopic (exact) mass is 229 g/mol. The van der Waals surface area contributed by atoms with E-state index in [1.807, 2.05) is 6.92 Å². The molecule has 1 rings (SSSR count). The van der Waals surface area contributed by atoms with E-state index in [9.17, 15) is 4.79 Å². The van der Waals surface area contributed by atoms with Gasteiger partial charge in [-0.3, -0.25) is 10.1 Å². The molecule has 0 aliphatic heterocycles. The van der Waals surface area contributed by atoms with Gasteiger partial charge in [0.25, 0.3) is 0 Å². The van der Waals surface area contributed by atoms with Crippen molar-refractivity contribution in [3.63, 3.8) is 0 Å². The minimum atomic E-state index is -0.478. The van der Waals surface area contributed by atoms with Gasteiger partial charge < -0.3 is 9.47 Å². The number of hydrogen-bond donors (Lipinski definition) is 1. The maximum absolute atomic E-state index is 12.0. The van der Waals surface area contributed by atoms with Gasteiger partial charge in [0.2, 0.25) is 0 Å². The molecule has 16 heavy (non-hydrogen) atoms. The lowest BCUT2D eigenvalue weighted by Crippen LogP contribution is -2.55. The van der Waals surface area contributed by atoms with Gasteiger partial charge >= 0.3 is 5.97 Å². The van der Waals surface area contributed by atoms with Crippen LogP contribution in [0.2, 0.25) is 0 Å². The predicted molar refractivity (Wildman–Crippen MR) is 62.3 cm³/mol. The van der Waals surface area contributed by atoms with Gasteiger partial charge in [-0.2, -0.15) is 0 Å². The van der Waals surface area contributed by atoms with E-state index in [0.717, 1.165) is 19.3 Å². The highest BCUT2D eigenvalue weighted by molar-refractivity contribution is 5.81. The van der Waals surface area contributed by atoms with Crippen LogP contribution in [0.15, 0.2) is 0 Å². The van der Waals surface area contributed by atoms with Gasteiger partial charge in [0, 0.05) is 13.7 Å². The summed E-state index contributed by atoms with van der Waals surface area (Å²) in [5.74, 6) is 0.236. The van der Waals surface area contributed by atoms with Crippen molar-refractivity contribution in [1.29, 1.82) is 0 Å². The molecule has 1 aliphatic carbocycles. The first-order valence-electron chi connectivity index (χ1n) is 6.08. The van der Waals surface area contributed by atoms with Crippen molar-refractivity contribution < 1.29 is 14.3 Å². The Morgan fingerprint density at radius 3 is 2.81 bits per heavy atom. The van der Waals surface area contributed by atoms with Crippen LogP contribution in [-0.4, -0.2) is 38.4 Å². The molecule has 4 heteroatoms. The molecule has 94 valence electrons. The Kier molecular flexibility index (Phi) is 5.22. The van der Waals surface area contributed by atoms with Crippen LogP contribution in [0.3, 0.4) is 0 Å². The molecule has 1 aliphatic rings. The molecule has 0 radical (unpaired) electrons. The van der Waals surface area contributed by atoms with E-state index in [4.69, 9.17) is 9.47 Å². The summed E-state index contributed by atoms with van der Waals surface area (Å²) in [5.41, 5.74) is -0.478. The van der Waals surface area contributed by atoms with Crippen molar-refractivity contribution >= 4 is 5.97 Å². The number of carbonyl (C=O) groups excluding carboxylic acids is 1. The van der Waals surface area contributed by atoms with Gasteiger partial charge in [0.05, 0.1) is 13.2 Å². The minimum Gasteiger partial charge on any atom is -0.465 e. The standard InChI is InChI=1S/C12H23NO3/c1-4-16-11(14)12(13-8-9-15-3)7-5-6-10(12)2/h10,13H,4-9H2,1-3H3. The van der Waals surface area contributed by atoms with Crippen molar-refractivity contribution in [3.8, 4) is 0 Å². The Morgan fingerprint density at radius 1 is 1.56 bits per heavy atom. The average Bonchev–Trinajstić information content (AvgIpc) is 2.62. The third kappa shape index (κ3) is 2.74. The van der Waals surface area contributed by atoms with E-state index in [0.29, 0.717) is 25.7 Å². The molecule has 0 aromatic carbocycles. The van der Waals surface area contributed by atoms with Crippen LogP contribution in [0.4, 0.5) is 0 Å². The molecule has 0 aromatic rings. The molecule has 0 saturated heterocycles. The summed E-state index contributed by atoms with van der Waals surface area (Å²) >= 11 is 0. The van der Waals surface area contributed by atoms with Gasteiger partial charge in [-0.25, -0.2) is 0 Å². The molecular weight excluding hydrogens is 206 g/mol. The summed E-state index contributed by atoms with van der Waals surface area (Å²) in [4.78, 5) is 12.0. The second-order valence-electron chi connectivity index (χ2n) is 4.40. The molecule has 0 spiro atoms. The summed E-state index contributed by atoms with van der Waals surface area (Å²) in [6, 6.07) is 0. The molecule has 2 unspecified atom stereocenters. The van der Waals surface area contributed by atoms with Gasteiger partial charge in [0.15, 0.2) is 0 Å². The predicted octanol–water partition coefficient (Wildman–Crippen LogP) is 1.34. The number of ether oxygens (including phenoxy) is 2. The Morgan fingerprint density at radius 2 is 2.31 bits per heavy atom. The third-order valence-electron chi connectivity index (χ3n) is 3.44. The van der Waals surface area contributed by atoms with Crippen LogP contribution in [0.5, 0.6) is 0 Å². The fourth-order valence-electron chi connectivity index (χ4n) is 2.45. The number of hydrogen-bond acceptors (Lipinski definition) is 4. The smallest absolute Gasteiger partial charge is 0.326 e. The summed E-state index contributed by atoms with van der Waals surface area (Å²) in [6.45, 7) is 5.72. The molecule has 1 N–H and O–H groups in total. The number of nitrogens with one attached hydrogen (secondary N) is 1. The Hall–Kier alpha value is -0.610. The van der Waals surface area contributed by atoms with E-state index in [1.165, 1.54) is 0 Å². The SMILES string of the molecule is CCOC(=O)C1(NCCOC)CCCC1C. The molecule has 1 fully saturated rings. The van der Waals surface area contributed by atoms with Crippen LogP contribution >= 0.6 is 0 Å². The lowest BCUT2D eigenvalue weighted by Gasteiger charge is -2.32. The molecule has 0 bridgehead atoms. The van der Waals surface area contributed by atoms with Crippen molar-refractivity contribution in [3.05, 3.63) is 0 Å². The zero-order chi connectivity index (χ0) is 12.0. The van der Waals surface area contributed by atoms with Gasteiger partial charge in [0.1, 0.15) is 5.54 Å². The van der Waals surface area contributed by atoms with E-state index in [2.05, 4.69) is 12.2 Å². The number of esters is 1. The van der Waals surface area contributed by atoms with E-state index < -0.39 is 5.54 Å². The second kappa shape index (κ2) is 6.21. The van der Waals surface area contributed by atoms with Crippen LogP contribution in [0.1, 0.15) is 33.1 Å². The molecule has 0 aromatic heterocycles. The van der Waals surface area contributed by atoms with Crippen LogP contribution < -0.4 is 5.32 Å². The lowest BCUT2D eigenvalue weighted by atomic mass is 9.88.